The summed E-state index contributed by atoms with van der Waals surface area (Å²) >= 11 is 0. The van der Waals surface area contributed by atoms with Crippen LogP contribution in [-0.4, -0.2) is 5.11 Å². The van der Waals surface area contributed by atoms with Crippen molar-refractivity contribution in [1.29, 1.82) is 0 Å². The lowest BCUT2D eigenvalue weighted by atomic mass is 9.95. The Labute approximate surface area is 117 Å². The van der Waals surface area contributed by atoms with Gasteiger partial charge in [0.25, 0.3) is 0 Å². The normalized spacial score (nSPS) is 12.4. The van der Waals surface area contributed by atoms with E-state index in [4.69, 9.17) is 0 Å². The first-order chi connectivity index (χ1) is 9.56. The predicted molar refractivity (Wildman–Crippen MR) is 75.6 cm³/mol. The van der Waals surface area contributed by atoms with Gasteiger partial charge in [0.2, 0.25) is 0 Å². The first-order valence-corrected chi connectivity index (χ1v) is 6.81. The van der Waals surface area contributed by atoms with Crippen LogP contribution in [0.5, 0.6) is 0 Å². The maximum atomic E-state index is 13.2. The lowest BCUT2D eigenvalue weighted by Crippen LogP contribution is -2.03. The molecule has 0 bridgehead atoms. The number of hydrogen-bond acceptors (Lipinski definition) is 1. The number of aryl methyl sites for hydroxylation is 2. The molecule has 1 N–H and O–H groups in total. The molecule has 0 fully saturated rings. The summed E-state index contributed by atoms with van der Waals surface area (Å²) in [5.41, 5.74) is 3.47. The Morgan fingerprint density at radius 3 is 2.05 bits per heavy atom. The van der Waals surface area contributed by atoms with Crippen molar-refractivity contribution >= 4 is 0 Å². The Balaban J connectivity index is 2.37. The molecule has 0 saturated carbocycles. The summed E-state index contributed by atoms with van der Waals surface area (Å²) in [5.74, 6) is -1.85. The maximum Gasteiger partial charge on any atom is 0.159 e. The largest absolute Gasteiger partial charge is 0.384 e. The van der Waals surface area contributed by atoms with E-state index in [0.29, 0.717) is 11.1 Å². The van der Waals surface area contributed by atoms with Gasteiger partial charge in [-0.15, -0.1) is 0 Å². The van der Waals surface area contributed by atoms with Gasteiger partial charge >= 0.3 is 0 Å². The molecule has 0 saturated heterocycles. The van der Waals surface area contributed by atoms with Gasteiger partial charge in [-0.1, -0.05) is 38.1 Å². The summed E-state index contributed by atoms with van der Waals surface area (Å²) in [5, 5.41) is 10.3. The highest BCUT2D eigenvalue weighted by Crippen LogP contribution is 2.25. The average Bonchev–Trinajstić information content (AvgIpc) is 2.48. The molecule has 20 heavy (non-hydrogen) atoms. The van der Waals surface area contributed by atoms with E-state index >= 15 is 0 Å². The molecule has 0 spiro atoms. The third kappa shape index (κ3) is 2.88. The van der Waals surface area contributed by atoms with Crippen LogP contribution in [0.3, 0.4) is 0 Å². The zero-order chi connectivity index (χ0) is 14.7. The standard InChI is InChI=1S/C17H18F2O/c1-3-11-5-6-13(9-12(11)4-2)17(20)14-7-8-15(18)16(19)10-14/h5-10,17,20H,3-4H2,1-2H3. The molecule has 0 aliphatic carbocycles. The fourth-order valence-corrected chi connectivity index (χ4v) is 2.36. The molecule has 1 unspecified atom stereocenters. The minimum absolute atomic E-state index is 0.357. The van der Waals surface area contributed by atoms with Crippen LogP contribution in [-0.2, 0) is 12.8 Å². The number of aliphatic hydroxyl groups is 1. The molecule has 0 heterocycles. The number of halogens is 2. The molecule has 1 nitrogen and oxygen atoms in total. The molecule has 0 aliphatic rings. The van der Waals surface area contributed by atoms with Crippen LogP contribution >= 0.6 is 0 Å². The monoisotopic (exact) mass is 276 g/mol. The van der Waals surface area contributed by atoms with E-state index < -0.39 is 17.7 Å². The number of aliphatic hydroxyl groups excluding tert-OH is 1. The Kier molecular flexibility index (Phi) is 4.50. The van der Waals surface area contributed by atoms with Gasteiger partial charge in [-0.25, -0.2) is 8.78 Å². The number of benzene rings is 2. The fourth-order valence-electron chi connectivity index (χ4n) is 2.36. The van der Waals surface area contributed by atoms with Gasteiger partial charge in [0, 0.05) is 0 Å². The van der Waals surface area contributed by atoms with E-state index in [0.717, 1.165) is 25.0 Å². The molecule has 0 aliphatic heterocycles. The minimum Gasteiger partial charge on any atom is -0.384 e. The van der Waals surface area contributed by atoms with Crippen molar-refractivity contribution < 1.29 is 13.9 Å². The SMILES string of the molecule is CCc1ccc(C(O)c2ccc(F)c(F)c2)cc1CC. The average molecular weight is 276 g/mol. The Morgan fingerprint density at radius 1 is 0.850 bits per heavy atom. The third-order valence-corrected chi connectivity index (χ3v) is 3.57. The van der Waals surface area contributed by atoms with Gasteiger partial charge in [0.15, 0.2) is 11.6 Å². The van der Waals surface area contributed by atoms with E-state index in [2.05, 4.69) is 13.8 Å². The molecular formula is C17H18F2O. The van der Waals surface area contributed by atoms with Crippen molar-refractivity contribution in [3.8, 4) is 0 Å². The zero-order valence-corrected chi connectivity index (χ0v) is 11.7. The summed E-state index contributed by atoms with van der Waals surface area (Å²) in [6, 6.07) is 9.24. The third-order valence-electron chi connectivity index (χ3n) is 3.57. The van der Waals surface area contributed by atoms with Crippen LogP contribution in [0.2, 0.25) is 0 Å². The molecule has 106 valence electrons. The Hall–Kier alpha value is -1.74. The van der Waals surface area contributed by atoms with Crippen molar-refractivity contribution in [2.45, 2.75) is 32.8 Å². The Morgan fingerprint density at radius 2 is 1.45 bits per heavy atom. The summed E-state index contributed by atoms with van der Waals surface area (Å²) < 4.78 is 26.2. The zero-order valence-electron chi connectivity index (χ0n) is 11.7. The van der Waals surface area contributed by atoms with Crippen LogP contribution < -0.4 is 0 Å². The lowest BCUT2D eigenvalue weighted by molar-refractivity contribution is 0.219. The molecule has 0 amide bonds. The summed E-state index contributed by atoms with van der Waals surface area (Å²) in [7, 11) is 0. The highest BCUT2D eigenvalue weighted by Gasteiger charge is 2.14. The van der Waals surface area contributed by atoms with Gasteiger partial charge in [-0.2, -0.15) is 0 Å². The number of hydrogen-bond donors (Lipinski definition) is 1. The highest BCUT2D eigenvalue weighted by molar-refractivity contribution is 5.37. The predicted octanol–water partition coefficient (Wildman–Crippen LogP) is 4.17. The molecule has 0 radical (unpaired) electrons. The Bertz CT molecular complexity index is 608. The highest BCUT2D eigenvalue weighted by atomic mass is 19.2. The molecule has 1 atom stereocenters. The summed E-state index contributed by atoms with van der Waals surface area (Å²) in [6.45, 7) is 4.14. The van der Waals surface area contributed by atoms with E-state index in [1.165, 1.54) is 17.2 Å². The second kappa shape index (κ2) is 6.14. The second-order valence-electron chi connectivity index (χ2n) is 4.81. The van der Waals surface area contributed by atoms with Crippen LogP contribution in [0.1, 0.15) is 42.2 Å². The smallest absolute Gasteiger partial charge is 0.159 e. The van der Waals surface area contributed by atoms with E-state index in [1.54, 1.807) is 0 Å². The first kappa shape index (κ1) is 14.7. The summed E-state index contributed by atoms with van der Waals surface area (Å²) in [4.78, 5) is 0. The van der Waals surface area contributed by atoms with Crippen LogP contribution in [0.25, 0.3) is 0 Å². The van der Waals surface area contributed by atoms with Gasteiger partial charge in [-0.05, 0) is 47.2 Å². The molecule has 2 aromatic carbocycles. The van der Waals surface area contributed by atoms with Gasteiger partial charge in [0.1, 0.15) is 6.10 Å². The van der Waals surface area contributed by atoms with E-state index in [9.17, 15) is 13.9 Å². The van der Waals surface area contributed by atoms with Crippen molar-refractivity contribution in [2.75, 3.05) is 0 Å². The van der Waals surface area contributed by atoms with Crippen molar-refractivity contribution in [2.24, 2.45) is 0 Å². The van der Waals surface area contributed by atoms with Gasteiger partial charge in [0.05, 0.1) is 0 Å². The lowest BCUT2D eigenvalue weighted by Gasteiger charge is -2.15. The topological polar surface area (TPSA) is 20.2 Å². The van der Waals surface area contributed by atoms with Crippen molar-refractivity contribution in [1.82, 2.24) is 0 Å². The van der Waals surface area contributed by atoms with E-state index in [-0.39, 0.29) is 0 Å². The molecule has 2 rings (SSSR count). The van der Waals surface area contributed by atoms with Crippen LogP contribution in [0.15, 0.2) is 36.4 Å². The second-order valence-corrected chi connectivity index (χ2v) is 4.81. The maximum absolute atomic E-state index is 13.2. The molecule has 3 heteroatoms. The van der Waals surface area contributed by atoms with Crippen LogP contribution in [0, 0.1) is 11.6 Å². The fraction of sp³-hybridized carbons (Fsp3) is 0.294. The quantitative estimate of drug-likeness (QED) is 0.888. The molecule has 0 aromatic heterocycles. The molecular weight excluding hydrogens is 258 g/mol. The van der Waals surface area contributed by atoms with E-state index in [1.807, 2.05) is 18.2 Å². The van der Waals surface area contributed by atoms with Crippen molar-refractivity contribution in [3.05, 3.63) is 70.3 Å². The van der Waals surface area contributed by atoms with Gasteiger partial charge < -0.3 is 5.11 Å². The van der Waals surface area contributed by atoms with Crippen LogP contribution in [0.4, 0.5) is 8.78 Å². The van der Waals surface area contributed by atoms with Crippen molar-refractivity contribution in [3.63, 3.8) is 0 Å². The number of rotatable bonds is 4. The molecule has 2 aromatic rings. The minimum atomic E-state index is -0.943. The first-order valence-electron chi connectivity index (χ1n) is 6.81. The van der Waals surface area contributed by atoms with Gasteiger partial charge in [-0.3, -0.25) is 0 Å². The summed E-state index contributed by atoms with van der Waals surface area (Å²) in [6.07, 6.45) is 0.869.